The molecule has 4 heteroatoms. The molecule has 0 fully saturated rings. The fraction of sp³-hybridized carbons (Fsp3) is 0.556. The molecule has 0 aliphatic heterocycles. The van der Waals surface area contributed by atoms with Gasteiger partial charge in [0.2, 0.25) is 5.88 Å². The van der Waals surface area contributed by atoms with E-state index in [1.54, 1.807) is 13.3 Å². The third-order valence-corrected chi connectivity index (χ3v) is 1.58. The lowest BCUT2D eigenvalue weighted by molar-refractivity contribution is 0.170. The van der Waals surface area contributed by atoms with Crippen molar-refractivity contribution in [3.05, 3.63) is 18.1 Å². The molecule has 0 saturated heterocycles. The van der Waals surface area contributed by atoms with Gasteiger partial charge in [-0.1, -0.05) is 0 Å². The monoisotopic (exact) mass is 182 g/mol. The first-order valence-corrected chi connectivity index (χ1v) is 4.23. The predicted molar refractivity (Wildman–Crippen MR) is 48.8 cm³/mol. The molecule has 0 unspecified atom stereocenters. The average molecular weight is 182 g/mol. The minimum Gasteiger partial charge on any atom is -0.477 e. The Bertz CT molecular complexity index is 253. The van der Waals surface area contributed by atoms with Crippen LogP contribution in [0.25, 0.3) is 0 Å². The van der Waals surface area contributed by atoms with E-state index < -0.39 is 0 Å². The molecule has 0 bridgehead atoms. The molecular formula is C9H14N2O2. The number of nitrogens with zero attached hydrogens (tertiary/aromatic N) is 2. The molecule has 0 aliphatic carbocycles. The Balaban J connectivity index is 2.32. The van der Waals surface area contributed by atoms with E-state index >= 15 is 0 Å². The Morgan fingerprint density at radius 1 is 1.38 bits per heavy atom. The Morgan fingerprint density at radius 2 is 2.23 bits per heavy atom. The molecule has 0 amide bonds. The number of hydrogen-bond donors (Lipinski definition) is 0. The largest absolute Gasteiger partial charge is 0.477 e. The first kappa shape index (κ1) is 9.92. The summed E-state index contributed by atoms with van der Waals surface area (Å²) < 4.78 is 10.3. The molecule has 1 aromatic rings. The summed E-state index contributed by atoms with van der Waals surface area (Å²) in [6.07, 6.45) is 4.09. The van der Waals surface area contributed by atoms with Crippen molar-refractivity contribution in [3.63, 3.8) is 0 Å². The summed E-state index contributed by atoms with van der Waals surface area (Å²) in [6.45, 7) is 3.27. The summed E-state index contributed by atoms with van der Waals surface area (Å²) in [7, 11) is 1.68. The van der Waals surface area contributed by atoms with Crippen molar-refractivity contribution in [1.82, 2.24) is 9.97 Å². The second-order valence-corrected chi connectivity index (χ2v) is 2.71. The molecule has 0 radical (unpaired) electrons. The highest BCUT2D eigenvalue weighted by atomic mass is 16.5. The third kappa shape index (κ3) is 3.38. The van der Waals surface area contributed by atoms with E-state index in [9.17, 15) is 0 Å². The molecule has 1 aromatic heterocycles. The zero-order valence-corrected chi connectivity index (χ0v) is 7.99. The number of methoxy groups -OCH3 is 1. The Labute approximate surface area is 77.9 Å². The fourth-order valence-electron chi connectivity index (χ4n) is 0.911. The van der Waals surface area contributed by atoms with Crippen LogP contribution < -0.4 is 4.74 Å². The van der Waals surface area contributed by atoms with Gasteiger partial charge in [-0.15, -0.1) is 0 Å². The van der Waals surface area contributed by atoms with E-state index in [2.05, 4.69) is 9.97 Å². The molecule has 0 aliphatic rings. The van der Waals surface area contributed by atoms with Crippen LogP contribution in [0.15, 0.2) is 12.5 Å². The van der Waals surface area contributed by atoms with Gasteiger partial charge in [-0.2, -0.15) is 0 Å². The molecule has 1 rings (SSSR count). The molecular weight excluding hydrogens is 168 g/mol. The van der Waals surface area contributed by atoms with Crippen molar-refractivity contribution in [2.24, 2.45) is 0 Å². The van der Waals surface area contributed by atoms with E-state index in [4.69, 9.17) is 9.47 Å². The van der Waals surface area contributed by atoms with E-state index in [1.807, 2.05) is 6.92 Å². The normalized spacial score (nSPS) is 10.0. The van der Waals surface area contributed by atoms with Crippen molar-refractivity contribution < 1.29 is 9.47 Å². The van der Waals surface area contributed by atoms with E-state index in [1.165, 1.54) is 6.33 Å². The van der Waals surface area contributed by atoms with Crippen molar-refractivity contribution >= 4 is 0 Å². The minimum atomic E-state index is 0.631. The molecule has 0 atom stereocenters. The Morgan fingerprint density at radius 3 is 2.92 bits per heavy atom. The van der Waals surface area contributed by atoms with Crippen LogP contribution in [0, 0.1) is 6.92 Å². The van der Waals surface area contributed by atoms with E-state index in [0.29, 0.717) is 19.1 Å². The van der Waals surface area contributed by atoms with Crippen LogP contribution in [0.3, 0.4) is 0 Å². The van der Waals surface area contributed by atoms with Gasteiger partial charge in [-0.05, 0) is 6.92 Å². The van der Waals surface area contributed by atoms with Crippen LogP contribution in [0.1, 0.15) is 12.0 Å². The summed E-state index contributed by atoms with van der Waals surface area (Å²) in [5.74, 6) is 0.658. The Hall–Kier alpha value is -1.16. The third-order valence-electron chi connectivity index (χ3n) is 1.58. The number of rotatable bonds is 5. The fourth-order valence-corrected chi connectivity index (χ4v) is 0.911. The summed E-state index contributed by atoms with van der Waals surface area (Å²) in [4.78, 5) is 7.88. The van der Waals surface area contributed by atoms with Crippen molar-refractivity contribution in [1.29, 1.82) is 0 Å². The highest BCUT2D eigenvalue weighted by Crippen LogP contribution is 2.10. The molecule has 1 heterocycles. The number of ether oxygens (including phenoxy) is 2. The molecule has 0 N–H and O–H groups in total. The average Bonchev–Trinajstić information content (AvgIpc) is 2.15. The first-order chi connectivity index (χ1) is 6.34. The second-order valence-electron chi connectivity index (χ2n) is 2.71. The van der Waals surface area contributed by atoms with Crippen LogP contribution in [-0.4, -0.2) is 30.3 Å². The molecule has 4 nitrogen and oxygen atoms in total. The summed E-state index contributed by atoms with van der Waals surface area (Å²) in [6, 6.07) is 0. The lowest BCUT2D eigenvalue weighted by atomic mass is 10.4. The smallest absolute Gasteiger partial charge is 0.219 e. The van der Waals surface area contributed by atoms with Crippen molar-refractivity contribution in [2.45, 2.75) is 13.3 Å². The van der Waals surface area contributed by atoms with Crippen LogP contribution >= 0.6 is 0 Å². The standard InChI is InChI=1S/C9H14N2O2/c1-8-6-10-7-11-9(8)13-5-3-4-12-2/h6-7H,3-5H2,1-2H3. The lowest BCUT2D eigenvalue weighted by Gasteiger charge is -2.05. The number of aryl methyl sites for hydroxylation is 1. The number of aromatic nitrogens is 2. The maximum atomic E-state index is 5.41. The lowest BCUT2D eigenvalue weighted by Crippen LogP contribution is -2.03. The molecule has 0 spiro atoms. The Kier molecular flexibility index (Phi) is 4.18. The van der Waals surface area contributed by atoms with Gasteiger partial charge in [0, 0.05) is 31.9 Å². The zero-order valence-electron chi connectivity index (χ0n) is 7.99. The highest BCUT2D eigenvalue weighted by Gasteiger charge is 1.98. The first-order valence-electron chi connectivity index (χ1n) is 4.23. The quantitative estimate of drug-likeness (QED) is 0.642. The van der Waals surface area contributed by atoms with Gasteiger partial charge in [0.25, 0.3) is 0 Å². The van der Waals surface area contributed by atoms with Crippen LogP contribution in [0.4, 0.5) is 0 Å². The van der Waals surface area contributed by atoms with Gasteiger partial charge in [0.1, 0.15) is 6.33 Å². The van der Waals surface area contributed by atoms with Gasteiger partial charge in [-0.25, -0.2) is 9.97 Å². The van der Waals surface area contributed by atoms with Crippen LogP contribution in [0.5, 0.6) is 5.88 Å². The topological polar surface area (TPSA) is 44.2 Å². The van der Waals surface area contributed by atoms with E-state index in [-0.39, 0.29) is 0 Å². The van der Waals surface area contributed by atoms with Crippen molar-refractivity contribution in [2.75, 3.05) is 20.3 Å². The summed E-state index contributed by atoms with van der Waals surface area (Å²) >= 11 is 0. The summed E-state index contributed by atoms with van der Waals surface area (Å²) in [5, 5.41) is 0. The number of hydrogen-bond acceptors (Lipinski definition) is 4. The van der Waals surface area contributed by atoms with Gasteiger partial charge in [0.15, 0.2) is 0 Å². The van der Waals surface area contributed by atoms with Crippen LogP contribution in [0.2, 0.25) is 0 Å². The van der Waals surface area contributed by atoms with Crippen molar-refractivity contribution in [3.8, 4) is 5.88 Å². The second kappa shape index (κ2) is 5.48. The SMILES string of the molecule is COCCCOc1ncncc1C. The maximum Gasteiger partial charge on any atom is 0.219 e. The molecule has 13 heavy (non-hydrogen) atoms. The van der Waals surface area contributed by atoms with Gasteiger partial charge < -0.3 is 9.47 Å². The summed E-state index contributed by atoms with van der Waals surface area (Å²) in [5.41, 5.74) is 0.958. The van der Waals surface area contributed by atoms with E-state index in [0.717, 1.165) is 12.0 Å². The van der Waals surface area contributed by atoms with Gasteiger partial charge in [0.05, 0.1) is 6.61 Å². The molecule has 0 saturated carbocycles. The van der Waals surface area contributed by atoms with Gasteiger partial charge >= 0.3 is 0 Å². The molecule has 0 aromatic carbocycles. The molecule has 72 valence electrons. The zero-order chi connectivity index (χ0) is 9.52. The highest BCUT2D eigenvalue weighted by molar-refractivity contribution is 5.19. The minimum absolute atomic E-state index is 0.631. The van der Waals surface area contributed by atoms with Gasteiger partial charge in [-0.3, -0.25) is 0 Å². The van der Waals surface area contributed by atoms with Crippen LogP contribution in [-0.2, 0) is 4.74 Å². The predicted octanol–water partition coefficient (Wildman–Crippen LogP) is 1.20. The maximum absolute atomic E-state index is 5.41.